The molecule has 0 saturated heterocycles. The fourth-order valence-corrected chi connectivity index (χ4v) is 2.26. The Bertz CT molecular complexity index is 740. The lowest BCUT2D eigenvalue weighted by atomic mass is 10.1. The van der Waals surface area contributed by atoms with Gasteiger partial charge in [-0.2, -0.15) is 0 Å². The van der Waals surface area contributed by atoms with Gasteiger partial charge in [0.05, 0.1) is 6.54 Å². The maximum atomic E-state index is 13.4. The molecule has 0 bridgehead atoms. The summed E-state index contributed by atoms with van der Waals surface area (Å²) in [6, 6.07) is 5.59. The van der Waals surface area contributed by atoms with Gasteiger partial charge in [-0.15, -0.1) is 0 Å². The van der Waals surface area contributed by atoms with Crippen LogP contribution < -0.4 is 11.3 Å². The minimum absolute atomic E-state index is 0.172. The van der Waals surface area contributed by atoms with Crippen molar-refractivity contribution in [1.29, 1.82) is 0 Å². The van der Waals surface area contributed by atoms with E-state index >= 15 is 0 Å². The van der Waals surface area contributed by atoms with E-state index < -0.39 is 5.82 Å². The Balaban J connectivity index is 2.53. The molecule has 2 rings (SSSR count). The molecular weight excluding hydrogens is 277 g/mol. The number of halogens is 1. The van der Waals surface area contributed by atoms with Crippen molar-refractivity contribution in [2.75, 3.05) is 0 Å². The third kappa shape index (κ3) is 2.91. The molecule has 4 nitrogen and oxygen atoms in total. The van der Waals surface area contributed by atoms with Gasteiger partial charge < -0.3 is 5.73 Å². The molecule has 6 heteroatoms. The van der Waals surface area contributed by atoms with Gasteiger partial charge in [-0.25, -0.2) is 9.37 Å². The lowest BCUT2D eigenvalue weighted by Gasteiger charge is -2.13. The number of aromatic nitrogens is 2. The standard InChI is InChI=1S/C14H14FN3OS/c1-8-5-13(19)18(9(2)17-8)7-10-6-11(15)3-4-12(10)14(16)20/h3-6H,7H2,1-2H3,(H2,16,20). The number of rotatable bonds is 3. The van der Waals surface area contributed by atoms with Gasteiger partial charge in [0, 0.05) is 17.3 Å². The van der Waals surface area contributed by atoms with Crippen molar-refractivity contribution in [3.63, 3.8) is 0 Å². The van der Waals surface area contributed by atoms with Gasteiger partial charge >= 0.3 is 0 Å². The van der Waals surface area contributed by atoms with E-state index in [2.05, 4.69) is 4.98 Å². The Morgan fingerprint density at radius 1 is 1.40 bits per heavy atom. The molecule has 2 aromatic rings. The lowest BCUT2D eigenvalue weighted by Crippen LogP contribution is -2.25. The highest BCUT2D eigenvalue weighted by atomic mass is 32.1. The zero-order chi connectivity index (χ0) is 14.9. The molecule has 0 aliphatic heterocycles. The van der Waals surface area contributed by atoms with Crippen LogP contribution in [0.15, 0.2) is 29.1 Å². The molecule has 0 fully saturated rings. The summed E-state index contributed by atoms with van der Waals surface area (Å²) in [5.41, 5.74) is 7.21. The molecule has 1 aromatic carbocycles. The summed E-state index contributed by atoms with van der Waals surface area (Å²) in [7, 11) is 0. The Morgan fingerprint density at radius 2 is 2.10 bits per heavy atom. The van der Waals surface area contributed by atoms with Crippen molar-refractivity contribution in [3.05, 3.63) is 63.1 Å². The molecule has 20 heavy (non-hydrogen) atoms. The number of nitrogens with two attached hydrogens (primary N) is 1. The average molecular weight is 291 g/mol. The Hall–Kier alpha value is -2.08. The van der Waals surface area contributed by atoms with Crippen LogP contribution in [0.2, 0.25) is 0 Å². The third-order valence-electron chi connectivity index (χ3n) is 2.99. The van der Waals surface area contributed by atoms with Gasteiger partial charge in [0.15, 0.2) is 0 Å². The molecule has 0 unspecified atom stereocenters. The van der Waals surface area contributed by atoms with E-state index in [0.29, 0.717) is 22.6 Å². The summed E-state index contributed by atoms with van der Waals surface area (Å²) in [6.07, 6.45) is 0. The van der Waals surface area contributed by atoms with Gasteiger partial charge in [0.1, 0.15) is 16.6 Å². The SMILES string of the molecule is Cc1cc(=O)n(Cc2cc(F)ccc2C(N)=S)c(C)n1. The van der Waals surface area contributed by atoms with Crippen LogP contribution in [0, 0.1) is 19.7 Å². The normalized spacial score (nSPS) is 10.6. The largest absolute Gasteiger partial charge is 0.389 e. The molecule has 0 aliphatic carbocycles. The van der Waals surface area contributed by atoms with Crippen LogP contribution in [-0.4, -0.2) is 14.5 Å². The predicted molar refractivity (Wildman–Crippen MR) is 79.4 cm³/mol. The fraction of sp³-hybridized carbons (Fsp3) is 0.214. The van der Waals surface area contributed by atoms with Gasteiger partial charge in [-0.3, -0.25) is 9.36 Å². The highest BCUT2D eigenvalue weighted by Crippen LogP contribution is 2.13. The summed E-state index contributed by atoms with van der Waals surface area (Å²) in [5.74, 6) is 0.166. The molecule has 0 aliphatic rings. The monoisotopic (exact) mass is 291 g/mol. The molecule has 0 saturated carbocycles. The number of hydrogen-bond donors (Lipinski definition) is 1. The quantitative estimate of drug-likeness (QED) is 0.874. The van der Waals surface area contributed by atoms with Crippen molar-refractivity contribution < 1.29 is 4.39 Å². The predicted octanol–water partition coefficient (Wildman–Crippen LogP) is 1.68. The smallest absolute Gasteiger partial charge is 0.254 e. The van der Waals surface area contributed by atoms with Crippen molar-refractivity contribution in [2.45, 2.75) is 20.4 Å². The number of hydrogen-bond acceptors (Lipinski definition) is 3. The summed E-state index contributed by atoms with van der Waals surface area (Å²) < 4.78 is 14.9. The summed E-state index contributed by atoms with van der Waals surface area (Å²) in [6.45, 7) is 3.66. The van der Waals surface area contributed by atoms with Crippen LogP contribution in [-0.2, 0) is 6.54 Å². The molecule has 104 valence electrons. The van der Waals surface area contributed by atoms with Crippen LogP contribution >= 0.6 is 12.2 Å². The second-order valence-corrected chi connectivity index (χ2v) is 4.97. The summed E-state index contributed by atoms with van der Waals surface area (Å²) >= 11 is 4.95. The Kier molecular flexibility index (Phi) is 3.94. The molecule has 2 N–H and O–H groups in total. The maximum Gasteiger partial charge on any atom is 0.254 e. The van der Waals surface area contributed by atoms with Crippen LogP contribution in [0.4, 0.5) is 4.39 Å². The van der Waals surface area contributed by atoms with E-state index in [0.717, 1.165) is 0 Å². The molecular formula is C14H14FN3OS. The number of nitrogens with zero attached hydrogens (tertiary/aromatic N) is 2. The summed E-state index contributed by atoms with van der Waals surface area (Å²) in [5, 5.41) is 0. The van der Waals surface area contributed by atoms with Crippen LogP contribution in [0.5, 0.6) is 0 Å². The first kappa shape index (κ1) is 14.3. The van der Waals surface area contributed by atoms with E-state index in [1.54, 1.807) is 13.8 Å². The second-order valence-electron chi connectivity index (χ2n) is 4.53. The molecule has 0 spiro atoms. The van der Waals surface area contributed by atoms with E-state index in [1.807, 2.05) is 0 Å². The Morgan fingerprint density at radius 3 is 2.70 bits per heavy atom. The first-order valence-electron chi connectivity index (χ1n) is 6.02. The molecule has 1 aromatic heterocycles. The van der Waals surface area contributed by atoms with Gasteiger partial charge in [0.2, 0.25) is 0 Å². The highest BCUT2D eigenvalue weighted by molar-refractivity contribution is 7.80. The van der Waals surface area contributed by atoms with E-state index in [9.17, 15) is 9.18 Å². The number of thiocarbonyl (C=S) groups is 1. The minimum atomic E-state index is -0.397. The average Bonchev–Trinajstić information content (AvgIpc) is 2.33. The van der Waals surface area contributed by atoms with Crippen molar-refractivity contribution in [2.24, 2.45) is 5.73 Å². The van der Waals surface area contributed by atoms with E-state index in [1.165, 1.54) is 28.8 Å². The second kappa shape index (κ2) is 5.50. The lowest BCUT2D eigenvalue weighted by molar-refractivity contribution is 0.620. The molecule has 0 amide bonds. The van der Waals surface area contributed by atoms with Gasteiger partial charge in [0.25, 0.3) is 5.56 Å². The molecule has 0 radical (unpaired) electrons. The van der Waals surface area contributed by atoms with Crippen LogP contribution in [0.25, 0.3) is 0 Å². The van der Waals surface area contributed by atoms with Gasteiger partial charge in [-0.1, -0.05) is 12.2 Å². The first-order chi connectivity index (χ1) is 9.38. The first-order valence-corrected chi connectivity index (χ1v) is 6.42. The van der Waals surface area contributed by atoms with Crippen molar-refractivity contribution >= 4 is 17.2 Å². The van der Waals surface area contributed by atoms with Crippen molar-refractivity contribution in [3.8, 4) is 0 Å². The van der Waals surface area contributed by atoms with E-state index in [-0.39, 0.29) is 17.1 Å². The molecule has 0 atom stereocenters. The zero-order valence-corrected chi connectivity index (χ0v) is 12.0. The van der Waals surface area contributed by atoms with Gasteiger partial charge in [-0.05, 0) is 37.6 Å². The minimum Gasteiger partial charge on any atom is -0.389 e. The third-order valence-corrected chi connectivity index (χ3v) is 3.21. The summed E-state index contributed by atoms with van der Waals surface area (Å²) in [4.78, 5) is 16.4. The van der Waals surface area contributed by atoms with E-state index in [4.69, 9.17) is 18.0 Å². The van der Waals surface area contributed by atoms with Crippen LogP contribution in [0.1, 0.15) is 22.6 Å². The Labute approximate surface area is 121 Å². The van der Waals surface area contributed by atoms with Crippen LogP contribution in [0.3, 0.4) is 0 Å². The zero-order valence-electron chi connectivity index (χ0n) is 11.2. The fourth-order valence-electron chi connectivity index (χ4n) is 2.06. The topological polar surface area (TPSA) is 60.9 Å². The number of aryl methyl sites for hydroxylation is 2. The maximum absolute atomic E-state index is 13.4. The highest BCUT2D eigenvalue weighted by Gasteiger charge is 2.10. The molecule has 1 heterocycles. The number of benzene rings is 1. The van der Waals surface area contributed by atoms with Crippen molar-refractivity contribution in [1.82, 2.24) is 9.55 Å².